The highest BCUT2D eigenvalue weighted by molar-refractivity contribution is 8.00. The van der Waals surface area contributed by atoms with Gasteiger partial charge in [0, 0.05) is 11.4 Å². The fourth-order valence-electron chi connectivity index (χ4n) is 2.83. The van der Waals surface area contributed by atoms with Crippen LogP contribution in [0.2, 0.25) is 0 Å². The van der Waals surface area contributed by atoms with E-state index in [1.807, 2.05) is 6.07 Å². The second kappa shape index (κ2) is 11.0. The van der Waals surface area contributed by atoms with E-state index in [0.717, 1.165) is 5.56 Å². The van der Waals surface area contributed by atoms with E-state index in [1.54, 1.807) is 48.7 Å². The summed E-state index contributed by atoms with van der Waals surface area (Å²) >= 11 is 1.28. The standard InChI is InChI=1S/C22H23N3O5S2/c23-32(28,29)18-9-7-16(8-10-18)11-12-24-22(27)19-5-1-2-6-20(19)31-15-21(26)25-14-17-4-3-13-30-17/h1-10,13H,11-12,14-15H2,(H,24,27)(H,25,26)(H2,23,28,29). The quantitative estimate of drug-likeness (QED) is 0.387. The number of carbonyl (C=O) groups excluding carboxylic acids is 2. The maximum absolute atomic E-state index is 12.6. The van der Waals surface area contributed by atoms with E-state index in [1.165, 1.54) is 23.9 Å². The predicted octanol–water partition coefficient (Wildman–Crippen LogP) is 2.31. The number of nitrogens with one attached hydrogen (secondary N) is 2. The molecule has 168 valence electrons. The van der Waals surface area contributed by atoms with Gasteiger partial charge < -0.3 is 15.1 Å². The number of amides is 2. The molecule has 0 radical (unpaired) electrons. The molecule has 0 atom stereocenters. The number of rotatable bonds is 10. The number of nitrogens with two attached hydrogens (primary N) is 1. The molecule has 0 aliphatic carbocycles. The van der Waals surface area contributed by atoms with Gasteiger partial charge >= 0.3 is 0 Å². The summed E-state index contributed by atoms with van der Waals surface area (Å²) < 4.78 is 27.8. The Morgan fingerprint density at radius 1 is 0.969 bits per heavy atom. The molecule has 1 heterocycles. The molecule has 0 aliphatic heterocycles. The van der Waals surface area contributed by atoms with Crippen molar-refractivity contribution in [3.05, 3.63) is 83.8 Å². The second-order valence-corrected chi connectivity index (χ2v) is 9.41. The van der Waals surface area contributed by atoms with Gasteiger partial charge in [-0.3, -0.25) is 9.59 Å². The average Bonchev–Trinajstić information content (AvgIpc) is 3.30. The highest BCUT2D eigenvalue weighted by Gasteiger charge is 2.13. The van der Waals surface area contributed by atoms with Crippen LogP contribution in [0.4, 0.5) is 0 Å². The third-order valence-electron chi connectivity index (χ3n) is 4.48. The number of carbonyl (C=O) groups is 2. The van der Waals surface area contributed by atoms with Crippen molar-refractivity contribution in [1.29, 1.82) is 0 Å². The molecule has 0 spiro atoms. The van der Waals surface area contributed by atoms with Gasteiger partial charge in [0.1, 0.15) is 5.76 Å². The Hall–Kier alpha value is -3.08. The molecule has 1 aromatic heterocycles. The molecule has 32 heavy (non-hydrogen) atoms. The summed E-state index contributed by atoms with van der Waals surface area (Å²) in [5.74, 6) is 0.429. The Kier molecular flexibility index (Phi) is 8.09. The summed E-state index contributed by atoms with van der Waals surface area (Å²) in [5, 5.41) is 10.7. The van der Waals surface area contributed by atoms with Crippen molar-refractivity contribution < 1.29 is 22.4 Å². The molecule has 0 aliphatic rings. The monoisotopic (exact) mass is 473 g/mol. The minimum absolute atomic E-state index is 0.0458. The van der Waals surface area contributed by atoms with E-state index >= 15 is 0 Å². The van der Waals surface area contributed by atoms with Crippen molar-refractivity contribution >= 4 is 33.6 Å². The van der Waals surface area contributed by atoms with Crippen LogP contribution < -0.4 is 15.8 Å². The smallest absolute Gasteiger partial charge is 0.252 e. The van der Waals surface area contributed by atoms with Gasteiger partial charge in [0.05, 0.1) is 29.0 Å². The minimum Gasteiger partial charge on any atom is -0.467 e. The zero-order chi connectivity index (χ0) is 23.0. The SMILES string of the molecule is NS(=O)(=O)c1ccc(CCNC(=O)c2ccccc2SCC(=O)NCc2ccco2)cc1. The zero-order valence-electron chi connectivity index (χ0n) is 17.1. The van der Waals surface area contributed by atoms with Gasteiger partial charge in [0.2, 0.25) is 15.9 Å². The summed E-state index contributed by atoms with van der Waals surface area (Å²) in [7, 11) is -3.73. The van der Waals surface area contributed by atoms with Crippen LogP contribution in [0.5, 0.6) is 0 Å². The molecule has 10 heteroatoms. The molecule has 0 fully saturated rings. The van der Waals surface area contributed by atoms with Crippen LogP contribution >= 0.6 is 11.8 Å². The van der Waals surface area contributed by atoms with Gasteiger partial charge in [-0.15, -0.1) is 11.8 Å². The van der Waals surface area contributed by atoms with E-state index < -0.39 is 10.0 Å². The number of benzene rings is 2. The van der Waals surface area contributed by atoms with Gasteiger partial charge in [0.25, 0.3) is 5.91 Å². The number of primary sulfonamides is 1. The van der Waals surface area contributed by atoms with Crippen LogP contribution in [0.3, 0.4) is 0 Å². The van der Waals surface area contributed by atoms with Crippen LogP contribution in [0.25, 0.3) is 0 Å². The Morgan fingerprint density at radius 3 is 2.41 bits per heavy atom. The average molecular weight is 474 g/mol. The van der Waals surface area contributed by atoms with Crippen molar-refractivity contribution in [3.8, 4) is 0 Å². The lowest BCUT2D eigenvalue weighted by Gasteiger charge is -2.10. The summed E-state index contributed by atoms with van der Waals surface area (Å²) in [6.45, 7) is 0.683. The van der Waals surface area contributed by atoms with E-state index in [2.05, 4.69) is 10.6 Å². The molecule has 3 aromatic rings. The molecule has 4 N–H and O–H groups in total. The third kappa shape index (κ3) is 6.98. The summed E-state index contributed by atoms with van der Waals surface area (Å²) in [4.78, 5) is 25.5. The Balaban J connectivity index is 1.49. The van der Waals surface area contributed by atoms with Gasteiger partial charge in [-0.2, -0.15) is 0 Å². The summed E-state index contributed by atoms with van der Waals surface area (Å²) in [6.07, 6.45) is 2.08. The van der Waals surface area contributed by atoms with Gasteiger partial charge in [-0.05, 0) is 48.4 Å². The van der Waals surface area contributed by atoms with Gasteiger partial charge in [-0.25, -0.2) is 13.6 Å². The fraction of sp³-hybridized carbons (Fsp3) is 0.182. The van der Waals surface area contributed by atoms with Crippen molar-refractivity contribution in [1.82, 2.24) is 10.6 Å². The molecular weight excluding hydrogens is 450 g/mol. The lowest BCUT2D eigenvalue weighted by molar-refractivity contribution is -0.118. The van der Waals surface area contributed by atoms with Crippen molar-refractivity contribution in [3.63, 3.8) is 0 Å². The van der Waals surface area contributed by atoms with E-state index in [0.29, 0.717) is 35.7 Å². The number of hydrogen-bond donors (Lipinski definition) is 3. The normalized spacial score (nSPS) is 11.2. The number of thioether (sulfide) groups is 1. The first-order valence-corrected chi connectivity index (χ1v) is 12.3. The lowest BCUT2D eigenvalue weighted by atomic mass is 10.1. The fourth-order valence-corrected chi connectivity index (χ4v) is 4.23. The largest absolute Gasteiger partial charge is 0.467 e. The molecule has 8 nitrogen and oxygen atoms in total. The zero-order valence-corrected chi connectivity index (χ0v) is 18.7. The Labute approximate surface area is 190 Å². The van der Waals surface area contributed by atoms with Crippen LogP contribution in [-0.2, 0) is 27.8 Å². The predicted molar refractivity (Wildman–Crippen MR) is 122 cm³/mol. The van der Waals surface area contributed by atoms with Crippen molar-refractivity contribution in [2.24, 2.45) is 5.14 Å². The Bertz CT molecular complexity index is 1160. The lowest BCUT2D eigenvalue weighted by Crippen LogP contribution is -2.27. The van der Waals surface area contributed by atoms with Crippen molar-refractivity contribution in [2.75, 3.05) is 12.3 Å². The van der Waals surface area contributed by atoms with Crippen LogP contribution in [-0.4, -0.2) is 32.5 Å². The Morgan fingerprint density at radius 2 is 1.72 bits per heavy atom. The molecule has 2 amide bonds. The first kappa shape index (κ1) is 23.6. The minimum atomic E-state index is -3.73. The van der Waals surface area contributed by atoms with Gasteiger partial charge in [-0.1, -0.05) is 24.3 Å². The molecular formula is C22H23N3O5S2. The summed E-state index contributed by atoms with van der Waals surface area (Å²) in [6, 6.07) is 16.8. The third-order valence-corrected chi connectivity index (χ3v) is 6.48. The van der Waals surface area contributed by atoms with Crippen LogP contribution in [0.1, 0.15) is 21.7 Å². The van der Waals surface area contributed by atoms with E-state index in [4.69, 9.17) is 9.56 Å². The van der Waals surface area contributed by atoms with Crippen LogP contribution in [0.15, 0.2) is 81.1 Å². The van der Waals surface area contributed by atoms with E-state index in [9.17, 15) is 18.0 Å². The molecule has 0 saturated carbocycles. The van der Waals surface area contributed by atoms with Crippen LogP contribution in [0, 0.1) is 0 Å². The molecule has 0 saturated heterocycles. The topological polar surface area (TPSA) is 132 Å². The molecule has 0 bridgehead atoms. The highest BCUT2D eigenvalue weighted by Crippen LogP contribution is 2.22. The maximum atomic E-state index is 12.6. The van der Waals surface area contributed by atoms with E-state index in [-0.39, 0.29) is 22.5 Å². The first-order valence-electron chi connectivity index (χ1n) is 9.74. The summed E-state index contributed by atoms with van der Waals surface area (Å²) in [5.41, 5.74) is 1.36. The first-order chi connectivity index (χ1) is 15.3. The van der Waals surface area contributed by atoms with Crippen molar-refractivity contribution in [2.45, 2.75) is 22.8 Å². The molecule has 0 unspecified atom stereocenters. The highest BCUT2D eigenvalue weighted by atomic mass is 32.2. The maximum Gasteiger partial charge on any atom is 0.252 e. The second-order valence-electron chi connectivity index (χ2n) is 6.84. The number of hydrogen-bond acceptors (Lipinski definition) is 6. The molecule has 3 rings (SSSR count). The van der Waals surface area contributed by atoms with Gasteiger partial charge in [0.15, 0.2) is 0 Å². The number of furan rings is 1. The molecule has 2 aromatic carbocycles. The number of sulfonamides is 1.